The Morgan fingerprint density at radius 1 is 1.14 bits per heavy atom. The molecule has 2 amide bonds. The molecule has 0 spiro atoms. The van der Waals surface area contributed by atoms with Crippen molar-refractivity contribution in [2.24, 2.45) is 4.99 Å². The van der Waals surface area contributed by atoms with Crippen LogP contribution in [-0.4, -0.2) is 45.4 Å². The van der Waals surface area contributed by atoms with Crippen molar-refractivity contribution in [3.8, 4) is 11.6 Å². The molecule has 1 aliphatic heterocycles. The van der Waals surface area contributed by atoms with Crippen molar-refractivity contribution < 1.29 is 23.3 Å². The summed E-state index contributed by atoms with van der Waals surface area (Å²) < 4.78 is 15.2. The lowest BCUT2D eigenvalue weighted by Crippen LogP contribution is -2.56. The van der Waals surface area contributed by atoms with Crippen molar-refractivity contribution in [3.05, 3.63) is 89.8 Å². The molecule has 36 heavy (non-hydrogen) atoms. The van der Waals surface area contributed by atoms with Crippen molar-refractivity contribution in [3.63, 3.8) is 0 Å². The zero-order chi connectivity index (χ0) is 24.9. The van der Waals surface area contributed by atoms with E-state index >= 15 is 0 Å². The Morgan fingerprint density at radius 2 is 1.94 bits per heavy atom. The van der Waals surface area contributed by atoms with E-state index < -0.39 is 11.9 Å². The second kappa shape index (κ2) is 10.3. The predicted molar refractivity (Wildman–Crippen MR) is 129 cm³/mol. The maximum Gasteiger partial charge on any atom is 0.273 e. The number of nitrogens with zero attached hydrogens (tertiary/aromatic N) is 4. The summed E-state index contributed by atoms with van der Waals surface area (Å²) in [6.45, 7) is 0.265. The van der Waals surface area contributed by atoms with Crippen LogP contribution in [0.2, 0.25) is 5.02 Å². The van der Waals surface area contributed by atoms with Crippen LogP contribution in [0.5, 0.6) is 11.6 Å². The number of aromatic nitrogens is 2. The first kappa shape index (κ1) is 23.1. The van der Waals surface area contributed by atoms with E-state index in [2.05, 4.69) is 25.8 Å². The van der Waals surface area contributed by atoms with E-state index in [-0.39, 0.29) is 24.7 Å². The highest BCUT2D eigenvalue weighted by molar-refractivity contribution is 6.30. The number of anilines is 1. The van der Waals surface area contributed by atoms with Gasteiger partial charge in [-0.3, -0.25) is 14.5 Å². The monoisotopic (exact) mass is 506 g/mol. The van der Waals surface area contributed by atoms with E-state index in [1.54, 1.807) is 42.5 Å². The van der Waals surface area contributed by atoms with Gasteiger partial charge in [-0.05, 0) is 47.1 Å². The number of guanidine groups is 1. The average molecular weight is 507 g/mol. The first-order valence-electron chi connectivity index (χ1n) is 10.8. The van der Waals surface area contributed by atoms with E-state index in [1.807, 2.05) is 12.1 Å². The molecule has 2 aromatic carbocycles. The lowest BCUT2D eigenvalue weighted by Gasteiger charge is -2.32. The van der Waals surface area contributed by atoms with Crippen molar-refractivity contribution in [1.29, 1.82) is 0 Å². The highest BCUT2D eigenvalue weighted by Crippen LogP contribution is 2.23. The highest BCUT2D eigenvalue weighted by atomic mass is 35.5. The number of halogens is 1. The van der Waals surface area contributed by atoms with E-state index in [0.717, 1.165) is 12.0 Å². The van der Waals surface area contributed by atoms with Gasteiger partial charge in [0.2, 0.25) is 5.96 Å². The zero-order valence-corrected chi connectivity index (χ0v) is 19.4. The molecule has 4 aromatic rings. The number of carbonyl (C=O) groups excluding carboxylic acids is 2. The van der Waals surface area contributed by atoms with Crippen LogP contribution in [0.4, 0.5) is 5.69 Å². The largest absolute Gasteiger partial charge is 0.451 e. The summed E-state index contributed by atoms with van der Waals surface area (Å²) in [4.78, 5) is 35.7. The van der Waals surface area contributed by atoms with Gasteiger partial charge in [0.25, 0.3) is 17.7 Å². The summed E-state index contributed by atoms with van der Waals surface area (Å²) in [7, 11) is 0. The maximum atomic E-state index is 13.4. The van der Waals surface area contributed by atoms with Crippen molar-refractivity contribution in [1.82, 2.24) is 20.4 Å². The Balaban J connectivity index is 1.34. The molecule has 0 fully saturated rings. The van der Waals surface area contributed by atoms with Crippen LogP contribution >= 0.6 is 11.6 Å². The molecule has 0 bridgehead atoms. The second-order valence-corrected chi connectivity index (χ2v) is 8.14. The standard InChI is InChI=1S/C24H19ClN6O5/c25-16-3-1-15(2-4-16)12-31-23(33)19(29-22(32)20-13-34-14-27-20)11-26-24(31)28-17-5-7-18(8-6-17)36-21-9-10-35-30-21/h1-10,13-14,19H,11-12H2,(H,26,28)(H,29,32). The van der Waals surface area contributed by atoms with Gasteiger partial charge >= 0.3 is 0 Å². The zero-order valence-electron chi connectivity index (χ0n) is 18.6. The van der Waals surface area contributed by atoms with E-state index in [9.17, 15) is 9.59 Å². The van der Waals surface area contributed by atoms with Crippen LogP contribution < -0.4 is 15.4 Å². The molecule has 182 valence electrons. The molecule has 2 aromatic heterocycles. The van der Waals surface area contributed by atoms with E-state index in [4.69, 9.17) is 25.3 Å². The van der Waals surface area contributed by atoms with Gasteiger partial charge in [-0.15, -0.1) is 0 Å². The van der Waals surface area contributed by atoms with Gasteiger partial charge in [0, 0.05) is 16.8 Å². The quantitative estimate of drug-likeness (QED) is 0.387. The summed E-state index contributed by atoms with van der Waals surface area (Å²) >= 11 is 6.01. The van der Waals surface area contributed by atoms with E-state index in [1.165, 1.54) is 17.4 Å². The molecule has 0 saturated heterocycles. The van der Waals surface area contributed by atoms with Gasteiger partial charge < -0.3 is 24.3 Å². The maximum absolute atomic E-state index is 13.4. The third-order valence-electron chi connectivity index (χ3n) is 5.21. The van der Waals surface area contributed by atoms with Gasteiger partial charge in [0.05, 0.1) is 13.1 Å². The summed E-state index contributed by atoms with van der Waals surface area (Å²) in [5.74, 6) is 0.385. The number of amides is 2. The molecule has 0 aliphatic carbocycles. The summed E-state index contributed by atoms with van der Waals surface area (Å²) in [5, 5.41) is 10.1. The van der Waals surface area contributed by atoms with Crippen molar-refractivity contribution >= 4 is 35.1 Å². The normalized spacial score (nSPS) is 15.4. The van der Waals surface area contributed by atoms with Gasteiger partial charge in [-0.2, -0.15) is 0 Å². The van der Waals surface area contributed by atoms with Crippen LogP contribution in [0, 0.1) is 0 Å². The number of aliphatic imine (C=N–C) groups is 1. The minimum Gasteiger partial charge on any atom is -0.451 e. The molecule has 12 heteroatoms. The Labute approximate surface area is 209 Å². The van der Waals surface area contributed by atoms with Gasteiger partial charge in [-0.1, -0.05) is 23.7 Å². The number of hydrogen-bond acceptors (Lipinski definition) is 9. The minimum atomic E-state index is -0.870. The second-order valence-electron chi connectivity index (χ2n) is 7.70. The van der Waals surface area contributed by atoms with E-state index in [0.29, 0.717) is 28.3 Å². The smallest absolute Gasteiger partial charge is 0.273 e. The molecule has 0 radical (unpaired) electrons. The topological polar surface area (TPSA) is 135 Å². The Kier molecular flexibility index (Phi) is 6.63. The number of nitrogens with one attached hydrogen (secondary N) is 2. The van der Waals surface area contributed by atoms with Crippen LogP contribution in [0.15, 0.2) is 87.4 Å². The fourth-order valence-electron chi connectivity index (χ4n) is 3.44. The first-order valence-corrected chi connectivity index (χ1v) is 11.2. The molecule has 3 heterocycles. The van der Waals surface area contributed by atoms with Crippen molar-refractivity contribution in [2.45, 2.75) is 12.6 Å². The average Bonchev–Trinajstić information content (AvgIpc) is 3.60. The van der Waals surface area contributed by atoms with Crippen molar-refractivity contribution in [2.75, 3.05) is 11.9 Å². The number of rotatable bonds is 7. The fraction of sp³-hybridized carbons (Fsp3) is 0.125. The number of carbonyl (C=O) groups is 2. The molecular weight excluding hydrogens is 488 g/mol. The fourth-order valence-corrected chi connectivity index (χ4v) is 3.57. The van der Waals surface area contributed by atoms with Crippen LogP contribution in [-0.2, 0) is 11.3 Å². The molecule has 2 N–H and O–H groups in total. The molecule has 5 rings (SSSR count). The van der Waals surface area contributed by atoms with Gasteiger partial charge in [0.15, 0.2) is 12.1 Å². The van der Waals surface area contributed by atoms with Crippen LogP contribution in [0.3, 0.4) is 0 Å². The molecular formula is C24H19ClN6O5. The lowest BCUT2D eigenvalue weighted by molar-refractivity contribution is -0.130. The summed E-state index contributed by atoms with van der Waals surface area (Å²) in [5.41, 5.74) is 1.59. The number of oxazole rings is 1. The first-order chi connectivity index (χ1) is 17.5. The predicted octanol–water partition coefficient (Wildman–Crippen LogP) is 3.72. The third kappa shape index (κ3) is 5.36. The third-order valence-corrected chi connectivity index (χ3v) is 5.47. The number of ether oxygens (including phenoxy) is 1. The minimum absolute atomic E-state index is 0.0508. The van der Waals surface area contributed by atoms with Gasteiger partial charge in [-0.25, -0.2) is 9.98 Å². The molecule has 1 aliphatic rings. The Hall–Kier alpha value is -4.64. The lowest BCUT2D eigenvalue weighted by atomic mass is 10.1. The van der Waals surface area contributed by atoms with Gasteiger partial charge in [0.1, 0.15) is 24.3 Å². The van der Waals surface area contributed by atoms with Crippen LogP contribution in [0.1, 0.15) is 16.1 Å². The Bertz CT molecular complexity index is 1360. The molecule has 0 saturated carbocycles. The number of benzene rings is 2. The SMILES string of the molecule is O=C(NC1CN=C(Nc2ccc(Oc3ccon3)cc2)N(Cc2ccc(Cl)cc2)C1=O)c1cocn1. The summed E-state index contributed by atoms with van der Waals surface area (Å²) in [6, 6.07) is 14.9. The molecule has 11 nitrogen and oxygen atoms in total. The van der Waals surface area contributed by atoms with Crippen LogP contribution in [0.25, 0.3) is 0 Å². The molecule has 1 unspecified atom stereocenters. The number of hydrogen-bond donors (Lipinski definition) is 2. The summed E-state index contributed by atoms with van der Waals surface area (Å²) in [6.07, 6.45) is 3.77. The molecule has 1 atom stereocenters. The highest BCUT2D eigenvalue weighted by Gasteiger charge is 2.33. The Morgan fingerprint density at radius 3 is 2.64 bits per heavy atom.